The van der Waals surface area contributed by atoms with Crippen LogP contribution in [0.15, 0.2) is 59.1 Å². The van der Waals surface area contributed by atoms with E-state index in [0.717, 1.165) is 46.4 Å². The van der Waals surface area contributed by atoms with Gasteiger partial charge in [0.05, 0.1) is 23.6 Å². The number of methoxy groups -OCH3 is 1. The van der Waals surface area contributed by atoms with Crippen LogP contribution in [0.25, 0.3) is 22.6 Å². The topological polar surface area (TPSA) is 81.9 Å². The van der Waals surface area contributed by atoms with Gasteiger partial charge in [-0.3, -0.25) is 9.36 Å². The summed E-state index contributed by atoms with van der Waals surface area (Å²) in [5.41, 5.74) is 2.64. The Labute approximate surface area is 216 Å². The van der Waals surface area contributed by atoms with E-state index >= 15 is 0 Å². The van der Waals surface area contributed by atoms with Gasteiger partial charge in [0.1, 0.15) is 5.75 Å². The number of hydrogen-bond acceptors (Lipinski definition) is 7. The van der Waals surface area contributed by atoms with Gasteiger partial charge in [0.15, 0.2) is 16.1 Å². The second-order valence-electron chi connectivity index (χ2n) is 8.20. The molecule has 0 aliphatic heterocycles. The number of halogens is 1. The molecule has 1 N–H and O–H groups in total. The first-order valence-corrected chi connectivity index (χ1v) is 13.6. The third-order valence-corrected chi connectivity index (χ3v) is 7.97. The van der Waals surface area contributed by atoms with Crippen LogP contribution in [0.3, 0.4) is 0 Å². The molecule has 0 spiro atoms. The number of rotatable bonds is 8. The summed E-state index contributed by atoms with van der Waals surface area (Å²) in [4.78, 5) is 17.3. The number of carbonyl (C=O) groups excluding carboxylic acids is 1. The SMILES string of the molecule is COc1ccc(-c2csc(NC(=O)CSc3nnc(-c4ccccc4Cl)n3C3CCCC3)n2)cc1. The zero-order valence-corrected chi connectivity index (χ0v) is 21.5. The van der Waals surface area contributed by atoms with Crippen molar-refractivity contribution in [1.82, 2.24) is 19.7 Å². The molecule has 1 saturated carbocycles. The molecule has 0 saturated heterocycles. The van der Waals surface area contributed by atoms with Crippen LogP contribution in [0.1, 0.15) is 31.7 Å². The number of benzene rings is 2. The number of thiazole rings is 1. The maximum absolute atomic E-state index is 12.7. The molecular weight excluding hydrogens is 502 g/mol. The highest BCUT2D eigenvalue weighted by molar-refractivity contribution is 7.99. The van der Waals surface area contributed by atoms with Crippen LogP contribution in [0, 0.1) is 0 Å². The fourth-order valence-electron chi connectivity index (χ4n) is 4.20. The largest absolute Gasteiger partial charge is 0.497 e. The predicted octanol–water partition coefficient (Wildman–Crippen LogP) is 6.58. The Bertz CT molecular complexity index is 1320. The normalized spacial score (nSPS) is 13.8. The minimum absolute atomic E-state index is 0.133. The molecule has 5 rings (SSSR count). The molecule has 2 aromatic heterocycles. The summed E-state index contributed by atoms with van der Waals surface area (Å²) in [5.74, 6) is 1.63. The summed E-state index contributed by atoms with van der Waals surface area (Å²) in [5, 5.41) is 15.7. The maximum Gasteiger partial charge on any atom is 0.236 e. The Hall–Kier alpha value is -2.88. The van der Waals surface area contributed by atoms with Gasteiger partial charge in [-0.25, -0.2) is 4.98 Å². The Balaban J connectivity index is 1.28. The van der Waals surface area contributed by atoms with Crippen molar-refractivity contribution in [3.63, 3.8) is 0 Å². The van der Waals surface area contributed by atoms with Crippen LogP contribution < -0.4 is 10.1 Å². The molecule has 180 valence electrons. The molecule has 1 fully saturated rings. The van der Waals surface area contributed by atoms with Crippen molar-refractivity contribution in [3.8, 4) is 28.4 Å². The molecule has 0 bridgehead atoms. The van der Waals surface area contributed by atoms with Crippen molar-refractivity contribution in [1.29, 1.82) is 0 Å². The number of aromatic nitrogens is 4. The number of amides is 1. The van der Waals surface area contributed by atoms with Gasteiger partial charge in [0.2, 0.25) is 5.91 Å². The van der Waals surface area contributed by atoms with Crippen molar-refractivity contribution < 1.29 is 9.53 Å². The molecule has 1 aliphatic rings. The predicted molar refractivity (Wildman–Crippen MR) is 141 cm³/mol. The Kier molecular flexibility index (Phi) is 7.36. The number of hydrogen-bond donors (Lipinski definition) is 1. The van der Waals surface area contributed by atoms with E-state index in [-0.39, 0.29) is 11.7 Å². The molecule has 7 nitrogen and oxygen atoms in total. The van der Waals surface area contributed by atoms with Crippen molar-refractivity contribution in [3.05, 3.63) is 58.9 Å². The fourth-order valence-corrected chi connectivity index (χ4v) is 5.97. The first kappa shape index (κ1) is 23.8. The van der Waals surface area contributed by atoms with Crippen LogP contribution in [0.4, 0.5) is 5.13 Å². The van der Waals surface area contributed by atoms with Gasteiger partial charge in [-0.05, 0) is 49.2 Å². The zero-order chi connectivity index (χ0) is 24.2. The highest BCUT2D eigenvalue weighted by atomic mass is 35.5. The van der Waals surface area contributed by atoms with E-state index in [4.69, 9.17) is 16.3 Å². The third-order valence-electron chi connectivity index (χ3n) is 5.94. The molecule has 2 heterocycles. The Morgan fingerprint density at radius 2 is 1.94 bits per heavy atom. The molecule has 0 radical (unpaired) electrons. The van der Waals surface area contributed by atoms with E-state index in [0.29, 0.717) is 16.2 Å². The second-order valence-corrected chi connectivity index (χ2v) is 10.4. The average Bonchev–Trinajstić information content (AvgIpc) is 3.64. The third kappa shape index (κ3) is 5.37. The molecule has 4 aromatic rings. The van der Waals surface area contributed by atoms with Crippen molar-refractivity contribution >= 4 is 45.7 Å². The van der Waals surface area contributed by atoms with E-state index in [1.54, 1.807) is 7.11 Å². The van der Waals surface area contributed by atoms with E-state index in [9.17, 15) is 4.79 Å². The quantitative estimate of drug-likeness (QED) is 0.262. The van der Waals surface area contributed by atoms with Gasteiger partial charge < -0.3 is 10.1 Å². The van der Waals surface area contributed by atoms with E-state index in [1.165, 1.54) is 35.9 Å². The lowest BCUT2D eigenvalue weighted by Gasteiger charge is -2.17. The lowest BCUT2D eigenvalue weighted by molar-refractivity contribution is -0.113. The molecule has 10 heteroatoms. The zero-order valence-electron chi connectivity index (χ0n) is 19.1. The number of carbonyl (C=O) groups is 1. The van der Waals surface area contributed by atoms with Crippen LogP contribution in [-0.4, -0.2) is 38.5 Å². The number of thioether (sulfide) groups is 1. The maximum atomic E-state index is 12.7. The summed E-state index contributed by atoms with van der Waals surface area (Å²) in [6.45, 7) is 0. The minimum atomic E-state index is -0.133. The highest BCUT2D eigenvalue weighted by Crippen LogP contribution is 2.38. The first-order valence-electron chi connectivity index (χ1n) is 11.3. The number of nitrogens with zero attached hydrogens (tertiary/aromatic N) is 4. The summed E-state index contributed by atoms with van der Waals surface area (Å²) in [6.07, 6.45) is 4.50. The molecule has 1 aliphatic carbocycles. The fraction of sp³-hybridized carbons (Fsp3) is 0.280. The molecule has 0 unspecified atom stereocenters. The van der Waals surface area contributed by atoms with E-state index < -0.39 is 0 Å². The van der Waals surface area contributed by atoms with E-state index in [2.05, 4.69) is 25.1 Å². The smallest absolute Gasteiger partial charge is 0.236 e. The van der Waals surface area contributed by atoms with Crippen molar-refractivity contribution in [2.75, 3.05) is 18.2 Å². The second kappa shape index (κ2) is 10.8. The van der Waals surface area contributed by atoms with Gasteiger partial charge >= 0.3 is 0 Å². The first-order chi connectivity index (χ1) is 17.1. The van der Waals surface area contributed by atoms with Crippen LogP contribution in [0.2, 0.25) is 5.02 Å². The van der Waals surface area contributed by atoms with Crippen LogP contribution in [0.5, 0.6) is 5.75 Å². The lowest BCUT2D eigenvalue weighted by Crippen LogP contribution is -2.15. The average molecular weight is 526 g/mol. The molecule has 2 aromatic carbocycles. The van der Waals surface area contributed by atoms with Gasteiger partial charge in [-0.15, -0.1) is 21.5 Å². The Morgan fingerprint density at radius 1 is 1.17 bits per heavy atom. The van der Waals surface area contributed by atoms with E-state index in [1.807, 2.05) is 53.9 Å². The monoisotopic (exact) mass is 525 g/mol. The minimum Gasteiger partial charge on any atom is -0.497 e. The van der Waals surface area contributed by atoms with Crippen LogP contribution >= 0.6 is 34.7 Å². The lowest BCUT2D eigenvalue weighted by atomic mass is 10.2. The number of anilines is 1. The summed E-state index contributed by atoms with van der Waals surface area (Å²) < 4.78 is 7.37. The highest BCUT2D eigenvalue weighted by Gasteiger charge is 2.26. The number of nitrogens with one attached hydrogen (secondary N) is 1. The molecule has 35 heavy (non-hydrogen) atoms. The molecule has 1 amide bonds. The van der Waals surface area contributed by atoms with Gasteiger partial charge in [-0.1, -0.05) is 48.3 Å². The number of ether oxygens (including phenoxy) is 1. The van der Waals surface area contributed by atoms with Crippen LogP contribution in [-0.2, 0) is 4.79 Å². The molecular formula is C25H24ClN5O2S2. The Morgan fingerprint density at radius 3 is 2.69 bits per heavy atom. The van der Waals surface area contributed by atoms with Gasteiger partial charge in [0, 0.05) is 22.5 Å². The summed E-state index contributed by atoms with van der Waals surface area (Å²) in [7, 11) is 1.64. The summed E-state index contributed by atoms with van der Waals surface area (Å²) >= 11 is 9.25. The van der Waals surface area contributed by atoms with Gasteiger partial charge in [-0.2, -0.15) is 0 Å². The van der Waals surface area contributed by atoms with Gasteiger partial charge in [0.25, 0.3) is 0 Å². The van der Waals surface area contributed by atoms with Crippen molar-refractivity contribution in [2.24, 2.45) is 0 Å². The molecule has 0 atom stereocenters. The van der Waals surface area contributed by atoms with Crippen molar-refractivity contribution in [2.45, 2.75) is 36.9 Å². The standard InChI is InChI=1S/C25H24ClN5O2S2/c1-33-18-12-10-16(11-13-18)21-14-34-24(27-21)28-22(32)15-35-25-30-29-23(19-8-4-5-9-20(19)26)31(25)17-6-2-3-7-17/h4-5,8-14,17H,2-3,6-7,15H2,1H3,(H,27,28,32). The summed E-state index contributed by atoms with van der Waals surface area (Å²) in [6, 6.07) is 15.7.